The molecule has 0 fully saturated rings. The number of hydrogen-bond acceptors (Lipinski definition) is 0. The molecule has 0 amide bonds. The van der Waals surface area contributed by atoms with Gasteiger partial charge in [-0.05, 0) is 351 Å². The molecule has 638 valence electrons. The molecule has 0 saturated heterocycles. The van der Waals surface area contributed by atoms with Gasteiger partial charge in [0.05, 0.1) is 4.38 Å². The van der Waals surface area contributed by atoms with Crippen LogP contribution in [0.1, 0.15) is 0 Å². The van der Waals surface area contributed by atoms with E-state index in [1.54, 1.807) is 0 Å². The predicted octanol–water partition coefficient (Wildman–Crippen LogP) is 61.0. The molecule has 0 aromatic heterocycles. The highest BCUT2D eigenvalue weighted by molar-refractivity contribution is 9.49. The highest BCUT2D eigenvalue weighted by Crippen LogP contribution is 3.52. The molecule has 0 heterocycles. The molecule has 0 N–H and O–H groups in total. The summed E-state index contributed by atoms with van der Waals surface area (Å²) in [6, 6.07) is 0. The van der Waals surface area contributed by atoms with Crippen LogP contribution in [0.3, 0.4) is 0 Å². The first-order chi connectivity index (χ1) is 48.2. The van der Waals surface area contributed by atoms with E-state index in [0.717, 1.165) is 7.96 Å². The van der Waals surface area contributed by atoms with Gasteiger partial charge in [0.2, 0.25) is 0 Å². The lowest BCUT2D eigenvalue weighted by Gasteiger charge is -2.72. The van der Waals surface area contributed by atoms with Crippen LogP contribution in [0.25, 0.3) is 0 Å². The molecule has 0 nitrogen and oxygen atoms in total. The summed E-state index contributed by atoms with van der Waals surface area (Å²) in [4.78, 5) is 0. The molecule has 0 bridgehead atoms. The largest absolute Gasteiger partial charge is 0.109 e. The van der Waals surface area contributed by atoms with Crippen molar-refractivity contribution >= 4 is 841 Å². The molecule has 105 heteroatoms. The first-order valence-corrected chi connectivity index (χ1v) is 213. The van der Waals surface area contributed by atoms with E-state index < -0.39 is 351 Å². The Bertz CT molecular complexity index is 1840. The van der Waals surface area contributed by atoms with Crippen molar-refractivity contribution in [2.75, 3.05) is 0 Å². The van der Waals surface area contributed by atoms with Crippen LogP contribution >= 0.6 is 841 Å². The van der Waals surface area contributed by atoms with Crippen molar-refractivity contribution in [1.82, 2.24) is 0 Å². The average Bonchev–Trinajstić information content (AvgIpc) is 3.43. The smallest absolute Gasteiger partial charge is 0.0860 e. The zero-order chi connectivity index (χ0) is 84.1. The van der Waals surface area contributed by atoms with E-state index in [-0.39, 0.29) is 4.38 Å². The van der Waals surface area contributed by atoms with Crippen molar-refractivity contribution in [1.29, 1.82) is 0 Å². The maximum atomic E-state index is 4.16. The Hall–Kier alpha value is 45.1. The van der Waals surface area contributed by atoms with E-state index in [1.807, 2.05) is 0 Å². The second-order valence-corrected chi connectivity index (χ2v) is 439. The number of rotatable bonds is 51. The van der Waals surface area contributed by atoms with Crippen LogP contribution in [0.2, 0.25) is 0 Å². The van der Waals surface area contributed by atoms with Gasteiger partial charge in [-0.25, -0.2) is 0 Å². The van der Waals surface area contributed by atoms with Crippen molar-refractivity contribution in [3.8, 4) is 0 Å². The van der Waals surface area contributed by atoms with Crippen LogP contribution in [-0.4, -0.2) is 4.38 Å². The Kier molecular flexibility index (Phi) is 117. The summed E-state index contributed by atoms with van der Waals surface area (Å²) in [7, 11) is 208. The van der Waals surface area contributed by atoms with Gasteiger partial charge in [0.25, 0.3) is 0 Å². The zero-order valence-corrected chi connectivity index (χ0v) is 163. The molecular formula is CH109P105. The van der Waals surface area contributed by atoms with Crippen LogP contribution in [-0.2, 0) is 0 Å². The first-order valence-electron chi connectivity index (χ1n) is 24.3. The zero-order valence-electron chi connectivity index (χ0n) is 54.5. The molecule has 0 rings (SSSR count). The topological polar surface area (TPSA) is 0 Å². The van der Waals surface area contributed by atoms with E-state index in [0.29, 0.717) is 0 Å². The molecule has 0 aliphatic heterocycles. The minimum atomic E-state index is -0.845. The van der Waals surface area contributed by atoms with E-state index in [1.165, 1.54) is 0 Å². The molecule has 0 radical (unpaired) electrons. The van der Waals surface area contributed by atoms with Gasteiger partial charge in [-0.2, -0.15) is 0 Å². The summed E-state index contributed by atoms with van der Waals surface area (Å²) in [5, 5.41) is 0. The van der Waals surface area contributed by atoms with Gasteiger partial charge < -0.3 is 0 Å². The highest BCUT2D eigenvalue weighted by atomic mass is 33.5. The average molecular weight is 3370 g/mol. The monoisotopic (exact) mass is 3370 g/mol. The van der Waals surface area contributed by atoms with Crippen LogP contribution in [0.5, 0.6) is 0 Å². The van der Waals surface area contributed by atoms with Crippen molar-refractivity contribution in [3.05, 3.63) is 0 Å². The fourth-order valence-corrected chi connectivity index (χ4v) is 1380. The lowest BCUT2D eigenvalue weighted by atomic mass is 11.8. The fourth-order valence-electron chi connectivity index (χ4n) is 7.12. The molecule has 0 aliphatic rings. The van der Waals surface area contributed by atoms with Gasteiger partial charge >= 0.3 is 0 Å². The van der Waals surface area contributed by atoms with E-state index in [2.05, 4.69) is 482 Å². The van der Waals surface area contributed by atoms with Crippen LogP contribution in [0.15, 0.2) is 0 Å². The van der Waals surface area contributed by atoms with Crippen molar-refractivity contribution in [2.24, 2.45) is 0 Å². The van der Waals surface area contributed by atoms with Gasteiger partial charge in [-0.3, -0.25) is 0 Å². The third kappa shape index (κ3) is 50.3. The Labute approximate surface area is 831 Å². The summed E-state index contributed by atoms with van der Waals surface area (Å²) in [5.41, 5.74) is 0. The van der Waals surface area contributed by atoms with Crippen LogP contribution in [0, 0.1) is 0 Å². The SMILES string of the molecule is PPP(P)P(P(P(P)P)P(P)P)P(P(P(P(P)P)P(P)P)P(P(P)P)P(P)P)C(P(P(P(P)P)P(P)P)P(P(P)P)P(P)P)(P(P(P(P(P)P)P(P)P)P(P(P)P)P(P)P)P(P(P(P)P)P(P)P)P(P(P)P)P(P)P)P(P(P(P(P)P)P(P)P)P(P(P)P)P(P)P)P(P(P(P)P)P(P)P)P(P(P)P)P(P)P. The van der Waals surface area contributed by atoms with Crippen molar-refractivity contribution in [3.63, 3.8) is 0 Å². The fraction of sp³-hybridized carbons (Fsp3) is 1.00. The van der Waals surface area contributed by atoms with E-state index in [4.69, 9.17) is 0 Å². The number of hydrogen-bond donors (Lipinski definition) is 0. The second kappa shape index (κ2) is 81.7. The van der Waals surface area contributed by atoms with Gasteiger partial charge in [-0.1, -0.05) is 7.96 Å². The Balaban J connectivity index is 16.2. The summed E-state index contributed by atoms with van der Waals surface area (Å²) < 4.78 is 0.163. The standard InChI is InChI=1S/CH109P105/c2-56-87(55)90(96(65(11)12)66(13)14)58(91(97(67(15)16)68(17)18)98(69(19)20)70(21)22)1(57(88(61(3)4)62(5)6)89(63(7)8)64(9)10,59(92(99(71(23)24)72(25)26)100(73(27)28)74(29)30)93(101(75(31)32)76(33)34)102(77(35)36)78(37)38)60(94(103(79(39)40)80(41)42)104(81(43)44)82(45)46)95(105(83(47)48)84(49)50)106(85(51)52)86(53)54/h56H,2-55H2. The first kappa shape index (κ1) is 151. The summed E-state index contributed by atoms with van der Waals surface area (Å²) in [6.45, 7) is -25.4. The van der Waals surface area contributed by atoms with Gasteiger partial charge in [0.15, 0.2) is 0 Å². The molecule has 0 aromatic carbocycles. The van der Waals surface area contributed by atoms with E-state index in [9.17, 15) is 0 Å². The lowest BCUT2D eigenvalue weighted by molar-refractivity contribution is 1.87. The second-order valence-electron chi connectivity index (χ2n) is 17.2. The molecule has 0 spiro atoms. The summed E-state index contributed by atoms with van der Waals surface area (Å²) in [5.74, 6) is 0. The summed E-state index contributed by atoms with van der Waals surface area (Å²) >= 11 is 0. The maximum Gasteiger partial charge on any atom is 0.0860 e. The van der Waals surface area contributed by atoms with Gasteiger partial charge in [0.1, 0.15) is 0 Å². The van der Waals surface area contributed by atoms with E-state index >= 15 is 0 Å². The molecule has 0 aliphatic carbocycles. The Morgan fingerprint density at radius 2 is 0.198 bits per heavy atom. The lowest BCUT2D eigenvalue weighted by Crippen LogP contribution is -2.15. The highest BCUT2D eigenvalue weighted by Gasteiger charge is 2.77. The third-order valence-electron chi connectivity index (χ3n) is 9.88. The van der Waals surface area contributed by atoms with Crippen LogP contribution < -0.4 is 0 Å². The Morgan fingerprint density at radius 3 is 0.292 bits per heavy atom. The molecule has 0 aromatic rings. The normalized spacial score (nSPS) is 15.7. The molecular weight excluding hydrogens is 3260 g/mol. The minimum Gasteiger partial charge on any atom is -0.109 e. The summed E-state index contributed by atoms with van der Waals surface area (Å²) in [6.07, 6.45) is 0. The van der Waals surface area contributed by atoms with Crippen molar-refractivity contribution in [2.45, 2.75) is 4.38 Å². The molecule has 0 saturated carbocycles. The van der Waals surface area contributed by atoms with Crippen LogP contribution in [0.4, 0.5) is 0 Å². The Morgan fingerprint density at radius 1 is 0.113 bits per heavy atom. The quantitative estimate of drug-likeness (QED) is 0.0533. The molecule has 58 unspecified atom stereocenters. The van der Waals surface area contributed by atoms with Crippen molar-refractivity contribution < 1.29 is 0 Å². The minimum absolute atomic E-state index is 0.163. The molecule has 58 atom stereocenters. The molecule has 106 heavy (non-hydrogen) atoms. The van der Waals surface area contributed by atoms with Gasteiger partial charge in [0, 0.05) is 0 Å². The van der Waals surface area contributed by atoms with Gasteiger partial charge in [-0.15, -0.1) is 482 Å². The predicted molar refractivity (Wildman–Crippen MR) is 881 cm³/mol. The maximum absolute atomic E-state index is 4.16. The third-order valence-corrected chi connectivity index (χ3v) is 704.